The molecule has 2 rings (SSSR count). The Morgan fingerprint density at radius 2 is 2.17 bits per heavy atom. The van der Waals surface area contributed by atoms with Crippen molar-refractivity contribution in [1.82, 2.24) is 14.3 Å². The number of aryl methyl sites for hydroxylation is 2. The van der Waals surface area contributed by atoms with Crippen LogP contribution in [0, 0.1) is 0 Å². The van der Waals surface area contributed by atoms with E-state index in [0.29, 0.717) is 13.0 Å². The fraction of sp³-hybridized carbons (Fsp3) is 0.250. The summed E-state index contributed by atoms with van der Waals surface area (Å²) in [5, 5.41) is 13.0. The number of aromatic nitrogens is 3. The van der Waals surface area contributed by atoms with Crippen LogP contribution in [0.25, 0.3) is 0 Å². The predicted molar refractivity (Wildman–Crippen MR) is 64.6 cm³/mol. The van der Waals surface area contributed by atoms with E-state index in [2.05, 4.69) is 5.10 Å². The normalized spacial score (nSPS) is 10.5. The molecule has 0 unspecified atom stereocenters. The van der Waals surface area contributed by atoms with E-state index >= 15 is 0 Å². The van der Waals surface area contributed by atoms with Gasteiger partial charge in [-0.3, -0.25) is 9.48 Å². The molecule has 2 aromatic rings. The zero-order valence-electron chi connectivity index (χ0n) is 9.91. The third kappa shape index (κ3) is 2.32. The summed E-state index contributed by atoms with van der Waals surface area (Å²) in [7, 11) is 1.81. The van der Waals surface area contributed by atoms with Crippen molar-refractivity contribution >= 4 is 5.97 Å². The third-order valence-corrected chi connectivity index (χ3v) is 2.78. The van der Waals surface area contributed by atoms with Crippen LogP contribution in [0.5, 0.6) is 0 Å². The monoisotopic (exact) mass is 247 g/mol. The molecule has 0 bridgehead atoms. The highest BCUT2D eigenvalue weighted by Gasteiger charge is 2.10. The average molecular weight is 247 g/mol. The summed E-state index contributed by atoms with van der Waals surface area (Å²) in [5.74, 6) is -1.10. The Morgan fingerprint density at radius 1 is 1.39 bits per heavy atom. The summed E-state index contributed by atoms with van der Waals surface area (Å²) in [4.78, 5) is 22.7. The number of hydrogen-bond donors (Lipinski definition) is 1. The Labute approximate surface area is 103 Å². The summed E-state index contributed by atoms with van der Waals surface area (Å²) >= 11 is 0. The summed E-state index contributed by atoms with van der Waals surface area (Å²) in [6.07, 6.45) is 2.22. The van der Waals surface area contributed by atoms with Gasteiger partial charge in [-0.15, -0.1) is 0 Å². The van der Waals surface area contributed by atoms with Crippen LogP contribution >= 0.6 is 0 Å². The van der Waals surface area contributed by atoms with Crippen molar-refractivity contribution in [2.75, 3.05) is 0 Å². The fourth-order valence-corrected chi connectivity index (χ4v) is 1.81. The molecule has 6 nitrogen and oxygen atoms in total. The number of hydrogen-bond acceptors (Lipinski definition) is 3. The first kappa shape index (κ1) is 12.1. The molecule has 0 aromatic carbocycles. The highest BCUT2D eigenvalue weighted by molar-refractivity contribution is 5.85. The van der Waals surface area contributed by atoms with Crippen molar-refractivity contribution in [2.45, 2.75) is 13.0 Å². The average Bonchev–Trinajstić information content (AvgIpc) is 2.73. The Hall–Kier alpha value is -2.37. The van der Waals surface area contributed by atoms with Crippen LogP contribution in [0.4, 0.5) is 0 Å². The number of rotatable bonds is 4. The molecule has 2 aromatic heterocycles. The second kappa shape index (κ2) is 4.87. The molecule has 0 saturated heterocycles. The minimum atomic E-state index is -1.10. The molecule has 0 saturated carbocycles. The van der Waals surface area contributed by atoms with Crippen molar-refractivity contribution in [3.05, 3.63) is 52.2 Å². The van der Waals surface area contributed by atoms with Crippen LogP contribution in [-0.2, 0) is 20.0 Å². The topological polar surface area (TPSA) is 77.1 Å². The van der Waals surface area contributed by atoms with Gasteiger partial charge in [0.15, 0.2) is 0 Å². The Bertz CT molecular complexity index is 627. The van der Waals surface area contributed by atoms with Gasteiger partial charge in [0.2, 0.25) is 0 Å². The van der Waals surface area contributed by atoms with Crippen molar-refractivity contribution in [3.63, 3.8) is 0 Å². The quantitative estimate of drug-likeness (QED) is 0.854. The van der Waals surface area contributed by atoms with Crippen molar-refractivity contribution in [2.24, 2.45) is 7.05 Å². The van der Waals surface area contributed by atoms with E-state index in [1.165, 1.54) is 22.8 Å². The van der Waals surface area contributed by atoms with Gasteiger partial charge in [0, 0.05) is 38.0 Å². The standard InChI is InChI=1S/C12H13N3O3/c1-14-9(5-7-13-14)6-8-15-10(12(17)18)3-2-4-11(15)16/h2-5,7H,6,8H2,1H3,(H,17,18). The van der Waals surface area contributed by atoms with Gasteiger partial charge in [-0.2, -0.15) is 5.10 Å². The third-order valence-electron chi connectivity index (χ3n) is 2.78. The molecular weight excluding hydrogens is 234 g/mol. The molecule has 6 heteroatoms. The fourth-order valence-electron chi connectivity index (χ4n) is 1.81. The van der Waals surface area contributed by atoms with Gasteiger partial charge in [0.25, 0.3) is 5.56 Å². The van der Waals surface area contributed by atoms with Crippen molar-refractivity contribution in [1.29, 1.82) is 0 Å². The first-order valence-electron chi connectivity index (χ1n) is 5.49. The van der Waals surface area contributed by atoms with Gasteiger partial charge in [0.05, 0.1) is 0 Å². The maximum absolute atomic E-state index is 11.7. The highest BCUT2D eigenvalue weighted by Crippen LogP contribution is 2.02. The molecule has 0 spiro atoms. The van der Waals surface area contributed by atoms with Crippen LogP contribution in [0.2, 0.25) is 0 Å². The van der Waals surface area contributed by atoms with Gasteiger partial charge in [-0.05, 0) is 12.1 Å². The molecule has 18 heavy (non-hydrogen) atoms. The van der Waals surface area contributed by atoms with E-state index in [1.54, 1.807) is 17.9 Å². The lowest BCUT2D eigenvalue weighted by Crippen LogP contribution is -2.26. The number of pyridine rings is 1. The lowest BCUT2D eigenvalue weighted by Gasteiger charge is -2.09. The van der Waals surface area contributed by atoms with Crippen molar-refractivity contribution in [3.8, 4) is 0 Å². The smallest absolute Gasteiger partial charge is 0.352 e. The number of nitrogens with zero attached hydrogens (tertiary/aromatic N) is 3. The Morgan fingerprint density at radius 3 is 2.78 bits per heavy atom. The maximum Gasteiger partial charge on any atom is 0.352 e. The largest absolute Gasteiger partial charge is 0.477 e. The zero-order valence-corrected chi connectivity index (χ0v) is 9.91. The van der Waals surface area contributed by atoms with Crippen molar-refractivity contribution < 1.29 is 9.90 Å². The molecule has 0 atom stereocenters. The van der Waals surface area contributed by atoms with Crippen LogP contribution in [0.15, 0.2) is 35.3 Å². The minimum Gasteiger partial charge on any atom is -0.477 e. The molecule has 1 N–H and O–H groups in total. The van der Waals surface area contributed by atoms with Gasteiger partial charge in [0.1, 0.15) is 5.69 Å². The van der Waals surface area contributed by atoms with E-state index in [-0.39, 0.29) is 11.3 Å². The Balaban J connectivity index is 2.27. The zero-order chi connectivity index (χ0) is 13.1. The molecule has 0 amide bonds. The van der Waals surface area contributed by atoms with E-state index < -0.39 is 5.97 Å². The van der Waals surface area contributed by atoms with Crippen LogP contribution < -0.4 is 5.56 Å². The number of aromatic carboxylic acids is 1. The second-order valence-corrected chi connectivity index (χ2v) is 3.90. The van der Waals surface area contributed by atoms with Crippen LogP contribution in [0.3, 0.4) is 0 Å². The van der Waals surface area contributed by atoms with E-state index in [0.717, 1.165) is 5.69 Å². The van der Waals surface area contributed by atoms with Crippen LogP contribution in [0.1, 0.15) is 16.2 Å². The minimum absolute atomic E-state index is 0.00432. The maximum atomic E-state index is 11.7. The molecule has 0 aliphatic carbocycles. The van der Waals surface area contributed by atoms with E-state index in [9.17, 15) is 9.59 Å². The first-order chi connectivity index (χ1) is 8.59. The molecule has 0 aliphatic heterocycles. The Kier molecular flexibility index (Phi) is 3.27. The number of carboxylic acid groups (broad SMARTS) is 1. The van der Waals surface area contributed by atoms with Gasteiger partial charge in [-0.25, -0.2) is 4.79 Å². The molecule has 2 heterocycles. The number of carbonyl (C=O) groups is 1. The van der Waals surface area contributed by atoms with Crippen LogP contribution in [-0.4, -0.2) is 25.4 Å². The number of carboxylic acids is 1. The van der Waals surface area contributed by atoms with Gasteiger partial charge in [-0.1, -0.05) is 6.07 Å². The SMILES string of the molecule is Cn1nccc1CCn1c(C(=O)O)cccc1=O. The molecular formula is C12H13N3O3. The predicted octanol–water partition coefficient (Wildman–Crippen LogP) is 0.523. The first-order valence-corrected chi connectivity index (χ1v) is 5.49. The van der Waals surface area contributed by atoms with E-state index in [4.69, 9.17) is 5.11 Å². The highest BCUT2D eigenvalue weighted by atomic mass is 16.4. The van der Waals surface area contributed by atoms with Gasteiger partial charge < -0.3 is 9.67 Å². The molecule has 94 valence electrons. The van der Waals surface area contributed by atoms with E-state index in [1.807, 2.05) is 6.07 Å². The molecule has 0 fully saturated rings. The lowest BCUT2D eigenvalue weighted by molar-refractivity contribution is 0.0683. The van der Waals surface area contributed by atoms with Gasteiger partial charge >= 0.3 is 5.97 Å². The second-order valence-electron chi connectivity index (χ2n) is 3.90. The summed E-state index contributed by atoms with van der Waals surface area (Å²) in [6.45, 7) is 0.320. The summed E-state index contributed by atoms with van der Waals surface area (Å²) in [5.41, 5.74) is 0.642. The lowest BCUT2D eigenvalue weighted by atomic mass is 10.2. The molecule has 0 radical (unpaired) electrons. The summed E-state index contributed by atoms with van der Waals surface area (Å²) in [6, 6.07) is 6.07. The summed E-state index contributed by atoms with van der Waals surface area (Å²) < 4.78 is 2.96. The molecule has 0 aliphatic rings.